The molecule has 34 heavy (non-hydrogen) atoms. The van der Waals surface area contributed by atoms with Gasteiger partial charge in [0.15, 0.2) is 34.0 Å². The third-order valence-corrected chi connectivity index (χ3v) is 5.83. The Morgan fingerprint density at radius 1 is 1.03 bits per heavy atom. The molecule has 0 aliphatic carbocycles. The number of fused-ring (bicyclic) bond motifs is 1. The van der Waals surface area contributed by atoms with E-state index < -0.39 is 5.82 Å². The average molecular weight is 479 g/mol. The zero-order valence-corrected chi connectivity index (χ0v) is 18.6. The molecule has 0 saturated heterocycles. The van der Waals surface area contributed by atoms with E-state index >= 15 is 0 Å². The standard InChI is InChI=1S/C24H19FN4O4S/c25-18-8-4-5-9-19(18)31-13-22-27-28-24(29(22)17-6-2-1-3-7-17)34-14-23(30)26-16-10-11-20-21(12-16)33-15-32-20/h1-12H,13-15H2,(H,26,30). The van der Waals surface area contributed by atoms with Crippen LogP contribution in [0, 0.1) is 5.82 Å². The van der Waals surface area contributed by atoms with Gasteiger partial charge < -0.3 is 19.5 Å². The van der Waals surface area contributed by atoms with Crippen molar-refractivity contribution < 1.29 is 23.4 Å². The molecule has 0 saturated carbocycles. The van der Waals surface area contributed by atoms with Crippen LogP contribution in [0.2, 0.25) is 0 Å². The van der Waals surface area contributed by atoms with Crippen molar-refractivity contribution in [2.45, 2.75) is 11.8 Å². The van der Waals surface area contributed by atoms with Crippen LogP contribution in [0.25, 0.3) is 5.69 Å². The van der Waals surface area contributed by atoms with E-state index in [4.69, 9.17) is 14.2 Å². The number of nitrogens with one attached hydrogen (secondary N) is 1. The Morgan fingerprint density at radius 2 is 1.82 bits per heavy atom. The van der Waals surface area contributed by atoms with E-state index in [2.05, 4.69) is 15.5 Å². The summed E-state index contributed by atoms with van der Waals surface area (Å²) in [6, 6.07) is 20.9. The van der Waals surface area contributed by atoms with Crippen LogP contribution >= 0.6 is 11.8 Å². The second kappa shape index (κ2) is 9.84. The van der Waals surface area contributed by atoms with Crippen LogP contribution in [0.5, 0.6) is 17.2 Å². The molecule has 1 aliphatic heterocycles. The molecule has 4 aromatic rings. The molecule has 1 aromatic heterocycles. The van der Waals surface area contributed by atoms with Gasteiger partial charge >= 0.3 is 0 Å². The summed E-state index contributed by atoms with van der Waals surface area (Å²) in [5.74, 6) is 1.28. The van der Waals surface area contributed by atoms with Gasteiger partial charge in [-0.1, -0.05) is 42.1 Å². The molecule has 1 N–H and O–H groups in total. The van der Waals surface area contributed by atoms with E-state index in [1.54, 1.807) is 41.0 Å². The molecule has 0 atom stereocenters. The number of ether oxygens (including phenoxy) is 3. The predicted molar refractivity (Wildman–Crippen MR) is 124 cm³/mol. The number of carbonyl (C=O) groups is 1. The zero-order valence-electron chi connectivity index (χ0n) is 17.8. The van der Waals surface area contributed by atoms with Crippen molar-refractivity contribution in [2.75, 3.05) is 17.9 Å². The molecule has 5 rings (SSSR count). The molecule has 8 nitrogen and oxygen atoms in total. The number of para-hydroxylation sites is 2. The number of anilines is 1. The predicted octanol–water partition coefficient (Wildman–Crippen LogP) is 4.44. The molecular formula is C24H19FN4O4S. The monoisotopic (exact) mass is 478 g/mol. The highest BCUT2D eigenvalue weighted by Gasteiger charge is 2.18. The average Bonchev–Trinajstić information content (AvgIpc) is 3.49. The Kier molecular flexibility index (Phi) is 6.30. The summed E-state index contributed by atoms with van der Waals surface area (Å²) < 4.78 is 32.0. The third-order valence-electron chi connectivity index (χ3n) is 4.90. The number of amides is 1. The molecule has 10 heteroatoms. The number of thioether (sulfide) groups is 1. The van der Waals surface area contributed by atoms with Crippen LogP contribution < -0.4 is 19.5 Å². The Morgan fingerprint density at radius 3 is 2.68 bits per heavy atom. The topological polar surface area (TPSA) is 87.5 Å². The number of benzene rings is 3. The highest BCUT2D eigenvalue weighted by Crippen LogP contribution is 2.34. The maximum atomic E-state index is 14.0. The summed E-state index contributed by atoms with van der Waals surface area (Å²) in [7, 11) is 0. The highest BCUT2D eigenvalue weighted by molar-refractivity contribution is 7.99. The van der Waals surface area contributed by atoms with Crippen LogP contribution in [0.3, 0.4) is 0 Å². The zero-order chi connectivity index (χ0) is 23.3. The Hall–Kier alpha value is -4.05. The Balaban J connectivity index is 1.30. The normalized spacial score (nSPS) is 11.9. The fraction of sp³-hybridized carbons (Fsp3) is 0.125. The van der Waals surface area contributed by atoms with E-state index in [0.29, 0.717) is 28.2 Å². The molecule has 2 heterocycles. The quantitative estimate of drug-likeness (QED) is 0.375. The van der Waals surface area contributed by atoms with Gasteiger partial charge in [-0.15, -0.1) is 10.2 Å². The van der Waals surface area contributed by atoms with Crippen molar-refractivity contribution in [3.8, 4) is 22.9 Å². The van der Waals surface area contributed by atoms with Crippen LogP contribution in [0.1, 0.15) is 5.82 Å². The van der Waals surface area contributed by atoms with Crippen molar-refractivity contribution in [1.29, 1.82) is 0 Å². The smallest absolute Gasteiger partial charge is 0.234 e. The lowest BCUT2D eigenvalue weighted by atomic mass is 10.3. The summed E-state index contributed by atoms with van der Waals surface area (Å²) in [6.07, 6.45) is 0. The minimum Gasteiger partial charge on any atom is -0.483 e. The number of carbonyl (C=O) groups excluding carboxylic acids is 1. The summed E-state index contributed by atoms with van der Waals surface area (Å²) in [5.41, 5.74) is 1.41. The van der Waals surface area contributed by atoms with E-state index in [1.807, 2.05) is 30.3 Å². The van der Waals surface area contributed by atoms with Crippen LogP contribution in [-0.4, -0.2) is 33.2 Å². The SMILES string of the molecule is O=C(CSc1nnc(COc2ccccc2F)n1-c1ccccc1)Nc1ccc2c(c1)OCO2. The maximum absolute atomic E-state index is 14.0. The van der Waals surface area contributed by atoms with Gasteiger partial charge in [-0.3, -0.25) is 9.36 Å². The summed E-state index contributed by atoms with van der Waals surface area (Å²) in [5, 5.41) is 11.8. The third kappa shape index (κ3) is 4.81. The lowest BCUT2D eigenvalue weighted by molar-refractivity contribution is -0.113. The first kappa shape index (κ1) is 21.8. The molecule has 1 aliphatic rings. The van der Waals surface area contributed by atoms with E-state index in [1.165, 1.54) is 17.8 Å². The van der Waals surface area contributed by atoms with Crippen molar-refractivity contribution >= 4 is 23.4 Å². The minimum absolute atomic E-state index is 0.00673. The van der Waals surface area contributed by atoms with Gasteiger partial charge in [0.1, 0.15) is 6.61 Å². The molecule has 0 fully saturated rings. The number of aromatic nitrogens is 3. The summed E-state index contributed by atoms with van der Waals surface area (Å²) >= 11 is 1.23. The fourth-order valence-electron chi connectivity index (χ4n) is 3.33. The van der Waals surface area contributed by atoms with Gasteiger partial charge in [0, 0.05) is 17.4 Å². The number of rotatable bonds is 8. The van der Waals surface area contributed by atoms with Crippen molar-refractivity contribution in [2.24, 2.45) is 0 Å². The van der Waals surface area contributed by atoms with E-state index in [-0.39, 0.29) is 30.8 Å². The minimum atomic E-state index is -0.455. The molecule has 0 radical (unpaired) electrons. The van der Waals surface area contributed by atoms with Gasteiger partial charge in [-0.25, -0.2) is 4.39 Å². The van der Waals surface area contributed by atoms with Crippen LogP contribution in [-0.2, 0) is 11.4 Å². The van der Waals surface area contributed by atoms with Gasteiger partial charge in [0.2, 0.25) is 12.7 Å². The highest BCUT2D eigenvalue weighted by atomic mass is 32.2. The van der Waals surface area contributed by atoms with E-state index in [0.717, 1.165) is 5.69 Å². The number of hydrogen-bond acceptors (Lipinski definition) is 7. The number of nitrogens with zero attached hydrogens (tertiary/aromatic N) is 3. The van der Waals surface area contributed by atoms with Crippen LogP contribution in [0.15, 0.2) is 78.0 Å². The Bertz CT molecular complexity index is 1320. The second-order valence-corrected chi connectivity index (χ2v) is 8.14. The lowest BCUT2D eigenvalue weighted by Gasteiger charge is -2.11. The lowest BCUT2D eigenvalue weighted by Crippen LogP contribution is -2.14. The number of halogens is 1. The first-order chi connectivity index (χ1) is 16.7. The first-order valence-corrected chi connectivity index (χ1v) is 11.4. The number of hydrogen-bond donors (Lipinski definition) is 1. The van der Waals surface area contributed by atoms with Crippen molar-refractivity contribution in [1.82, 2.24) is 14.8 Å². The molecule has 0 unspecified atom stereocenters. The van der Waals surface area contributed by atoms with Gasteiger partial charge in [0.25, 0.3) is 0 Å². The largest absolute Gasteiger partial charge is 0.483 e. The van der Waals surface area contributed by atoms with Crippen molar-refractivity contribution in [3.05, 3.63) is 84.4 Å². The summed E-state index contributed by atoms with van der Waals surface area (Å²) in [6.45, 7) is 0.174. The van der Waals surface area contributed by atoms with Crippen LogP contribution in [0.4, 0.5) is 10.1 Å². The molecule has 3 aromatic carbocycles. The maximum Gasteiger partial charge on any atom is 0.234 e. The van der Waals surface area contributed by atoms with Crippen molar-refractivity contribution in [3.63, 3.8) is 0 Å². The first-order valence-electron chi connectivity index (χ1n) is 10.4. The van der Waals surface area contributed by atoms with Gasteiger partial charge in [-0.2, -0.15) is 0 Å². The summed E-state index contributed by atoms with van der Waals surface area (Å²) in [4.78, 5) is 12.6. The molecule has 0 spiro atoms. The second-order valence-electron chi connectivity index (χ2n) is 7.19. The van der Waals surface area contributed by atoms with Gasteiger partial charge in [-0.05, 0) is 36.4 Å². The van der Waals surface area contributed by atoms with Gasteiger partial charge in [0.05, 0.1) is 5.75 Å². The molecule has 0 bridgehead atoms. The Labute approximate surface area is 198 Å². The fourth-order valence-corrected chi connectivity index (χ4v) is 4.10. The molecule has 172 valence electrons. The van der Waals surface area contributed by atoms with E-state index in [9.17, 15) is 9.18 Å². The molecular weight excluding hydrogens is 459 g/mol. The molecule has 1 amide bonds.